The van der Waals surface area contributed by atoms with Crippen molar-refractivity contribution < 1.29 is 14.7 Å². The van der Waals surface area contributed by atoms with Crippen molar-refractivity contribution >= 4 is 17.4 Å². The smallest absolute Gasteiger partial charge is 0.326 e. The summed E-state index contributed by atoms with van der Waals surface area (Å²) < 4.78 is 0. The molecule has 1 amide bonds. The standard InChI is InChI=1S/C12H12N2O3/c1-3-8-4-9(7(2)15)12(17)10(5-8)14-11(16)6-13/h4-5,17H,3H2,1-2H3,(H,14,16). The molecule has 0 aromatic heterocycles. The first kappa shape index (κ1) is 12.7. The minimum absolute atomic E-state index is 0.0844. The Morgan fingerprint density at radius 3 is 2.59 bits per heavy atom. The molecule has 0 fully saturated rings. The fourth-order valence-corrected chi connectivity index (χ4v) is 1.41. The second-order valence-electron chi connectivity index (χ2n) is 3.52. The van der Waals surface area contributed by atoms with Crippen molar-refractivity contribution in [3.05, 3.63) is 23.3 Å². The number of phenolic OH excluding ortho intramolecular Hbond substituents is 1. The van der Waals surface area contributed by atoms with Crippen molar-refractivity contribution in [3.8, 4) is 11.8 Å². The van der Waals surface area contributed by atoms with Crippen LogP contribution in [-0.4, -0.2) is 16.8 Å². The van der Waals surface area contributed by atoms with Gasteiger partial charge in [0.05, 0.1) is 11.3 Å². The van der Waals surface area contributed by atoms with E-state index in [9.17, 15) is 14.7 Å². The number of nitriles is 1. The van der Waals surface area contributed by atoms with Crippen molar-refractivity contribution in [3.63, 3.8) is 0 Å². The molecule has 0 saturated heterocycles. The maximum atomic E-state index is 11.3. The maximum absolute atomic E-state index is 11.3. The highest BCUT2D eigenvalue weighted by molar-refractivity contribution is 6.05. The van der Waals surface area contributed by atoms with E-state index in [1.54, 1.807) is 6.07 Å². The summed E-state index contributed by atoms with van der Waals surface area (Å²) in [4.78, 5) is 22.3. The normalized spacial score (nSPS) is 9.47. The molecule has 0 heterocycles. The van der Waals surface area contributed by atoms with E-state index in [0.717, 1.165) is 5.56 Å². The van der Waals surface area contributed by atoms with E-state index in [1.165, 1.54) is 19.1 Å². The molecule has 0 bridgehead atoms. The fourth-order valence-electron chi connectivity index (χ4n) is 1.41. The minimum atomic E-state index is -0.886. The predicted molar refractivity (Wildman–Crippen MR) is 61.7 cm³/mol. The third kappa shape index (κ3) is 2.82. The van der Waals surface area contributed by atoms with Crippen molar-refractivity contribution in [2.24, 2.45) is 0 Å². The molecule has 5 nitrogen and oxygen atoms in total. The van der Waals surface area contributed by atoms with Crippen molar-refractivity contribution in [2.75, 3.05) is 5.32 Å². The van der Waals surface area contributed by atoms with Crippen LogP contribution in [-0.2, 0) is 11.2 Å². The number of aryl methyl sites for hydroxylation is 1. The first-order valence-corrected chi connectivity index (χ1v) is 5.07. The lowest BCUT2D eigenvalue weighted by Crippen LogP contribution is -2.10. The number of benzene rings is 1. The Kier molecular flexibility index (Phi) is 3.83. The Morgan fingerprint density at radius 1 is 1.47 bits per heavy atom. The van der Waals surface area contributed by atoms with E-state index in [2.05, 4.69) is 5.32 Å². The van der Waals surface area contributed by atoms with Crippen LogP contribution in [0.3, 0.4) is 0 Å². The van der Waals surface area contributed by atoms with Gasteiger partial charge in [-0.2, -0.15) is 5.26 Å². The molecule has 1 rings (SSSR count). The van der Waals surface area contributed by atoms with Crippen molar-refractivity contribution in [2.45, 2.75) is 20.3 Å². The summed E-state index contributed by atoms with van der Waals surface area (Å²) in [5.74, 6) is -1.49. The molecule has 1 aromatic carbocycles. The Hall–Kier alpha value is -2.35. The quantitative estimate of drug-likeness (QED) is 0.470. The highest BCUT2D eigenvalue weighted by atomic mass is 16.3. The van der Waals surface area contributed by atoms with Gasteiger partial charge >= 0.3 is 5.91 Å². The summed E-state index contributed by atoms with van der Waals surface area (Å²) in [6, 6.07) is 4.49. The van der Waals surface area contributed by atoms with Crippen LogP contribution < -0.4 is 5.32 Å². The van der Waals surface area contributed by atoms with Crippen LogP contribution in [0.25, 0.3) is 0 Å². The Bertz CT molecular complexity index is 515. The molecule has 0 radical (unpaired) electrons. The summed E-state index contributed by atoms with van der Waals surface area (Å²) in [6.45, 7) is 3.20. The number of carbonyl (C=O) groups is 2. The molecule has 0 atom stereocenters. The predicted octanol–water partition coefficient (Wildman–Crippen LogP) is 1.62. The van der Waals surface area contributed by atoms with Gasteiger partial charge in [0.15, 0.2) is 11.9 Å². The van der Waals surface area contributed by atoms with Gasteiger partial charge < -0.3 is 10.4 Å². The first-order chi connectivity index (χ1) is 7.99. The number of hydrogen-bond acceptors (Lipinski definition) is 4. The average Bonchev–Trinajstić information content (AvgIpc) is 2.31. The topological polar surface area (TPSA) is 90.2 Å². The molecule has 0 unspecified atom stereocenters. The summed E-state index contributed by atoms with van der Waals surface area (Å²) in [5, 5.41) is 20.4. The lowest BCUT2D eigenvalue weighted by atomic mass is 10.0. The van der Waals surface area contributed by atoms with E-state index in [0.29, 0.717) is 6.42 Å². The summed E-state index contributed by atoms with van der Waals surface area (Å²) in [5.41, 5.74) is 1.01. The van der Waals surface area contributed by atoms with Crippen LogP contribution in [0.5, 0.6) is 5.75 Å². The van der Waals surface area contributed by atoms with Gasteiger partial charge in [0.25, 0.3) is 0 Å². The highest BCUT2D eigenvalue weighted by Gasteiger charge is 2.14. The lowest BCUT2D eigenvalue weighted by Gasteiger charge is -2.10. The molecule has 0 spiro atoms. The number of nitrogens with one attached hydrogen (secondary N) is 1. The van der Waals surface area contributed by atoms with E-state index in [-0.39, 0.29) is 22.8 Å². The maximum Gasteiger partial charge on any atom is 0.326 e. The summed E-state index contributed by atoms with van der Waals surface area (Å²) in [6.07, 6.45) is 0.649. The zero-order valence-corrected chi connectivity index (χ0v) is 9.57. The Balaban J connectivity index is 3.29. The van der Waals surface area contributed by atoms with Gasteiger partial charge in [-0.05, 0) is 31.0 Å². The molecule has 2 N–H and O–H groups in total. The SMILES string of the molecule is CCc1cc(NC(=O)C#N)c(O)c(C(C)=O)c1. The number of anilines is 1. The number of Topliss-reactive ketones (excluding diaryl/α,β-unsaturated/α-hetero) is 1. The Labute approximate surface area is 98.7 Å². The number of carbonyl (C=O) groups excluding carboxylic acids is 2. The van der Waals surface area contributed by atoms with Gasteiger partial charge in [0.2, 0.25) is 0 Å². The minimum Gasteiger partial charge on any atom is -0.505 e. The first-order valence-electron chi connectivity index (χ1n) is 5.07. The van der Waals surface area contributed by atoms with Crippen LogP contribution >= 0.6 is 0 Å². The zero-order valence-electron chi connectivity index (χ0n) is 9.57. The largest absolute Gasteiger partial charge is 0.505 e. The van der Waals surface area contributed by atoms with E-state index >= 15 is 0 Å². The van der Waals surface area contributed by atoms with Gasteiger partial charge in [-0.25, -0.2) is 0 Å². The molecule has 0 aliphatic rings. The number of aromatic hydroxyl groups is 1. The van der Waals surface area contributed by atoms with Crippen molar-refractivity contribution in [1.29, 1.82) is 5.26 Å². The number of phenols is 1. The summed E-state index contributed by atoms with van der Waals surface area (Å²) in [7, 11) is 0. The summed E-state index contributed by atoms with van der Waals surface area (Å²) >= 11 is 0. The second-order valence-corrected chi connectivity index (χ2v) is 3.52. The number of nitrogens with zero attached hydrogens (tertiary/aromatic N) is 1. The van der Waals surface area contributed by atoms with Crippen LogP contribution in [0.2, 0.25) is 0 Å². The fraction of sp³-hybridized carbons (Fsp3) is 0.250. The Morgan fingerprint density at radius 2 is 2.12 bits per heavy atom. The average molecular weight is 232 g/mol. The third-order valence-electron chi connectivity index (χ3n) is 2.31. The second kappa shape index (κ2) is 5.12. The third-order valence-corrected chi connectivity index (χ3v) is 2.31. The molecule has 0 aliphatic heterocycles. The van der Waals surface area contributed by atoms with Crippen LogP contribution in [0.1, 0.15) is 29.8 Å². The van der Waals surface area contributed by atoms with E-state index < -0.39 is 5.91 Å². The van der Waals surface area contributed by atoms with E-state index in [1.807, 2.05) is 6.92 Å². The number of hydrogen-bond donors (Lipinski definition) is 2. The van der Waals surface area contributed by atoms with Crippen LogP contribution in [0.15, 0.2) is 12.1 Å². The number of ketones is 1. The van der Waals surface area contributed by atoms with Gasteiger partial charge in [-0.3, -0.25) is 9.59 Å². The molecule has 1 aromatic rings. The molecule has 0 aliphatic carbocycles. The monoisotopic (exact) mass is 232 g/mol. The lowest BCUT2D eigenvalue weighted by molar-refractivity contribution is -0.111. The van der Waals surface area contributed by atoms with Crippen molar-refractivity contribution in [1.82, 2.24) is 0 Å². The zero-order chi connectivity index (χ0) is 13.0. The van der Waals surface area contributed by atoms with Crippen LogP contribution in [0.4, 0.5) is 5.69 Å². The number of amides is 1. The molecule has 0 saturated carbocycles. The molecular weight excluding hydrogens is 220 g/mol. The molecule has 5 heteroatoms. The van der Waals surface area contributed by atoms with Gasteiger partial charge in [-0.1, -0.05) is 6.92 Å². The highest BCUT2D eigenvalue weighted by Crippen LogP contribution is 2.30. The van der Waals surface area contributed by atoms with Gasteiger partial charge in [0.1, 0.15) is 5.75 Å². The molecule has 88 valence electrons. The van der Waals surface area contributed by atoms with E-state index in [4.69, 9.17) is 5.26 Å². The molecule has 17 heavy (non-hydrogen) atoms. The van der Waals surface area contributed by atoms with Gasteiger partial charge in [0, 0.05) is 0 Å². The molecular formula is C12H12N2O3. The van der Waals surface area contributed by atoms with Gasteiger partial charge in [-0.15, -0.1) is 0 Å². The van der Waals surface area contributed by atoms with Crippen LogP contribution in [0, 0.1) is 11.3 Å². The number of rotatable bonds is 3.